The molecule has 2 aromatic rings. The van der Waals surface area contributed by atoms with Gasteiger partial charge in [-0.15, -0.1) is 0 Å². The van der Waals surface area contributed by atoms with Crippen molar-refractivity contribution in [3.8, 4) is 0 Å². The Labute approximate surface area is 145 Å². The van der Waals surface area contributed by atoms with E-state index in [1.807, 2.05) is 30.3 Å². The molecule has 0 spiro atoms. The zero-order valence-electron chi connectivity index (χ0n) is 14.0. The average Bonchev–Trinajstić information content (AvgIpc) is 3.01. The number of aromatic carboxylic acids is 1. The van der Waals surface area contributed by atoms with Crippen molar-refractivity contribution in [2.24, 2.45) is 5.92 Å². The molecular weight excluding hydrogens is 322 g/mol. The van der Waals surface area contributed by atoms with Crippen LogP contribution in [0.2, 0.25) is 0 Å². The summed E-state index contributed by atoms with van der Waals surface area (Å²) < 4.78 is 11.2. The normalized spacial score (nSPS) is 20.2. The number of carboxylic acid groups (broad SMARTS) is 1. The molecule has 1 amide bonds. The van der Waals surface area contributed by atoms with E-state index in [4.69, 9.17) is 14.3 Å². The molecule has 6 nitrogen and oxygen atoms in total. The van der Waals surface area contributed by atoms with Gasteiger partial charge in [-0.1, -0.05) is 30.3 Å². The quantitative estimate of drug-likeness (QED) is 0.871. The molecule has 1 saturated heterocycles. The Bertz CT molecular complexity index is 752. The van der Waals surface area contributed by atoms with Crippen LogP contribution in [0.3, 0.4) is 0 Å². The van der Waals surface area contributed by atoms with Gasteiger partial charge in [-0.3, -0.25) is 4.79 Å². The number of nitrogens with one attached hydrogen (secondary N) is 1. The highest BCUT2D eigenvalue weighted by molar-refractivity contribution is 5.88. The van der Waals surface area contributed by atoms with Crippen LogP contribution in [0.4, 0.5) is 0 Å². The van der Waals surface area contributed by atoms with Crippen LogP contribution in [-0.2, 0) is 16.1 Å². The van der Waals surface area contributed by atoms with Crippen LogP contribution in [0.1, 0.15) is 46.4 Å². The Hall–Kier alpha value is -2.60. The van der Waals surface area contributed by atoms with Gasteiger partial charge in [0, 0.05) is 6.61 Å². The fourth-order valence-electron chi connectivity index (χ4n) is 3.17. The van der Waals surface area contributed by atoms with Crippen molar-refractivity contribution in [3.05, 3.63) is 59.0 Å². The number of furan rings is 1. The Balaban J connectivity index is 1.67. The lowest BCUT2D eigenvalue weighted by Gasteiger charge is -2.31. The lowest BCUT2D eigenvalue weighted by atomic mass is 9.89. The van der Waals surface area contributed by atoms with Gasteiger partial charge in [0.05, 0.1) is 18.6 Å². The molecule has 132 valence electrons. The molecule has 0 radical (unpaired) electrons. The van der Waals surface area contributed by atoms with Crippen LogP contribution >= 0.6 is 0 Å². The van der Waals surface area contributed by atoms with E-state index >= 15 is 0 Å². The summed E-state index contributed by atoms with van der Waals surface area (Å²) in [4.78, 5) is 23.7. The molecule has 2 heterocycles. The summed E-state index contributed by atoms with van der Waals surface area (Å²) in [6, 6.07) is 11.2. The molecule has 0 aliphatic carbocycles. The standard InChI is InChI=1S/C19H21NO5/c1-12-16(19(22)23)10-14(25-12)11-20-18(21)15-8-5-9-24-17(15)13-6-3-2-4-7-13/h2-4,6-7,10,15,17H,5,8-9,11H2,1H3,(H,20,21)(H,22,23). The van der Waals surface area contributed by atoms with Crippen LogP contribution < -0.4 is 5.32 Å². The highest BCUT2D eigenvalue weighted by Crippen LogP contribution is 2.33. The first-order valence-electron chi connectivity index (χ1n) is 8.33. The van der Waals surface area contributed by atoms with Gasteiger partial charge in [-0.25, -0.2) is 4.79 Å². The second-order valence-electron chi connectivity index (χ2n) is 6.16. The Kier molecular flexibility index (Phi) is 5.19. The predicted octanol–water partition coefficient (Wildman–Crippen LogP) is 3.07. The van der Waals surface area contributed by atoms with Crippen molar-refractivity contribution in [3.63, 3.8) is 0 Å². The molecule has 1 aliphatic rings. The zero-order chi connectivity index (χ0) is 17.8. The molecule has 2 atom stereocenters. The first-order chi connectivity index (χ1) is 12.1. The van der Waals surface area contributed by atoms with Crippen LogP contribution in [0.15, 0.2) is 40.8 Å². The van der Waals surface area contributed by atoms with Gasteiger partial charge in [0.25, 0.3) is 0 Å². The van der Waals surface area contributed by atoms with E-state index in [2.05, 4.69) is 5.32 Å². The number of amides is 1. The van der Waals surface area contributed by atoms with Crippen molar-refractivity contribution < 1.29 is 23.8 Å². The lowest BCUT2D eigenvalue weighted by molar-refractivity contribution is -0.135. The van der Waals surface area contributed by atoms with Gasteiger partial charge in [-0.05, 0) is 31.4 Å². The maximum atomic E-state index is 12.6. The summed E-state index contributed by atoms with van der Waals surface area (Å²) >= 11 is 0. The number of hydrogen-bond acceptors (Lipinski definition) is 4. The summed E-state index contributed by atoms with van der Waals surface area (Å²) in [6.07, 6.45) is 1.33. The van der Waals surface area contributed by atoms with Crippen molar-refractivity contribution in [2.75, 3.05) is 6.61 Å². The zero-order valence-corrected chi connectivity index (χ0v) is 14.0. The summed E-state index contributed by atoms with van der Waals surface area (Å²) in [5.74, 6) is -0.662. The number of benzene rings is 1. The van der Waals surface area contributed by atoms with Gasteiger partial charge in [0.1, 0.15) is 17.1 Å². The van der Waals surface area contributed by atoms with Crippen molar-refractivity contribution in [2.45, 2.75) is 32.4 Å². The van der Waals surface area contributed by atoms with E-state index in [1.165, 1.54) is 6.07 Å². The van der Waals surface area contributed by atoms with E-state index in [1.54, 1.807) is 6.92 Å². The number of carbonyl (C=O) groups is 2. The van der Waals surface area contributed by atoms with Crippen LogP contribution in [0.5, 0.6) is 0 Å². The van der Waals surface area contributed by atoms with E-state index < -0.39 is 5.97 Å². The molecule has 1 aromatic heterocycles. The molecular formula is C19H21NO5. The summed E-state index contributed by atoms with van der Waals surface area (Å²) in [5, 5.41) is 11.9. The molecule has 3 rings (SSSR count). The summed E-state index contributed by atoms with van der Waals surface area (Å²) in [7, 11) is 0. The third-order valence-electron chi connectivity index (χ3n) is 4.42. The van der Waals surface area contributed by atoms with E-state index in [0.29, 0.717) is 18.1 Å². The van der Waals surface area contributed by atoms with Gasteiger partial charge in [0.15, 0.2) is 0 Å². The number of aryl methyl sites for hydroxylation is 1. The molecule has 2 N–H and O–H groups in total. The molecule has 1 aromatic carbocycles. The van der Waals surface area contributed by atoms with Crippen molar-refractivity contribution >= 4 is 11.9 Å². The first-order valence-corrected chi connectivity index (χ1v) is 8.33. The number of carboxylic acids is 1. The third kappa shape index (κ3) is 3.91. The SMILES string of the molecule is Cc1oc(CNC(=O)C2CCCOC2c2ccccc2)cc1C(=O)O. The predicted molar refractivity (Wildman–Crippen MR) is 90.1 cm³/mol. The van der Waals surface area contributed by atoms with Crippen molar-refractivity contribution in [1.82, 2.24) is 5.32 Å². The number of rotatable bonds is 5. The lowest BCUT2D eigenvalue weighted by Crippen LogP contribution is -2.37. The minimum absolute atomic E-state index is 0.112. The highest BCUT2D eigenvalue weighted by Gasteiger charge is 2.33. The first kappa shape index (κ1) is 17.2. The minimum atomic E-state index is -1.04. The number of hydrogen-bond donors (Lipinski definition) is 2. The molecule has 1 aliphatic heterocycles. The third-order valence-corrected chi connectivity index (χ3v) is 4.42. The Morgan fingerprint density at radius 2 is 2.04 bits per heavy atom. The fraction of sp³-hybridized carbons (Fsp3) is 0.368. The van der Waals surface area contributed by atoms with Crippen molar-refractivity contribution in [1.29, 1.82) is 0 Å². The van der Waals surface area contributed by atoms with E-state index in [-0.39, 0.29) is 30.0 Å². The van der Waals surface area contributed by atoms with Gasteiger partial charge in [-0.2, -0.15) is 0 Å². The van der Waals surface area contributed by atoms with Crippen LogP contribution in [-0.4, -0.2) is 23.6 Å². The molecule has 6 heteroatoms. The van der Waals surface area contributed by atoms with E-state index in [9.17, 15) is 9.59 Å². The topological polar surface area (TPSA) is 88.8 Å². The number of ether oxygens (including phenoxy) is 1. The maximum absolute atomic E-state index is 12.6. The maximum Gasteiger partial charge on any atom is 0.339 e. The largest absolute Gasteiger partial charge is 0.478 e. The summed E-state index contributed by atoms with van der Waals surface area (Å²) in [5.41, 5.74) is 1.11. The Morgan fingerprint density at radius 3 is 2.72 bits per heavy atom. The molecule has 0 saturated carbocycles. The monoisotopic (exact) mass is 343 g/mol. The highest BCUT2D eigenvalue weighted by atomic mass is 16.5. The van der Waals surface area contributed by atoms with Gasteiger partial charge >= 0.3 is 5.97 Å². The second-order valence-corrected chi connectivity index (χ2v) is 6.16. The molecule has 1 fully saturated rings. The van der Waals surface area contributed by atoms with Crippen LogP contribution in [0.25, 0.3) is 0 Å². The minimum Gasteiger partial charge on any atom is -0.478 e. The molecule has 0 bridgehead atoms. The number of carbonyl (C=O) groups excluding carboxylic acids is 1. The molecule has 25 heavy (non-hydrogen) atoms. The smallest absolute Gasteiger partial charge is 0.339 e. The van der Waals surface area contributed by atoms with Gasteiger partial charge < -0.3 is 19.6 Å². The van der Waals surface area contributed by atoms with Crippen LogP contribution in [0, 0.1) is 12.8 Å². The Morgan fingerprint density at radius 1 is 1.28 bits per heavy atom. The fourth-order valence-corrected chi connectivity index (χ4v) is 3.17. The summed E-state index contributed by atoms with van der Waals surface area (Å²) in [6.45, 7) is 2.39. The van der Waals surface area contributed by atoms with E-state index in [0.717, 1.165) is 18.4 Å². The second kappa shape index (κ2) is 7.53. The van der Waals surface area contributed by atoms with Gasteiger partial charge in [0.2, 0.25) is 5.91 Å². The average molecular weight is 343 g/mol. The molecule has 2 unspecified atom stereocenters.